The number of carbonyl (C=O) groups excluding carboxylic acids is 2. The van der Waals surface area contributed by atoms with E-state index in [0.29, 0.717) is 18.4 Å². The van der Waals surface area contributed by atoms with E-state index in [4.69, 9.17) is 0 Å². The first-order valence-corrected chi connectivity index (χ1v) is 8.96. The molecule has 27 heavy (non-hydrogen) atoms. The van der Waals surface area contributed by atoms with Gasteiger partial charge in [0.15, 0.2) is 0 Å². The Labute approximate surface area is 157 Å². The van der Waals surface area contributed by atoms with E-state index in [9.17, 15) is 14.7 Å². The van der Waals surface area contributed by atoms with Crippen molar-refractivity contribution in [2.24, 2.45) is 0 Å². The second kappa shape index (κ2) is 7.11. The van der Waals surface area contributed by atoms with Gasteiger partial charge in [0.2, 0.25) is 5.91 Å². The third kappa shape index (κ3) is 3.49. The van der Waals surface area contributed by atoms with Crippen molar-refractivity contribution in [3.05, 3.63) is 94.8 Å². The van der Waals surface area contributed by atoms with Gasteiger partial charge in [0.25, 0.3) is 5.91 Å². The van der Waals surface area contributed by atoms with E-state index in [1.54, 1.807) is 0 Å². The van der Waals surface area contributed by atoms with E-state index in [1.807, 2.05) is 60.7 Å². The highest BCUT2D eigenvalue weighted by Crippen LogP contribution is 2.29. The molecule has 2 atom stereocenters. The third-order valence-corrected chi connectivity index (χ3v) is 4.95. The molecule has 3 N–H and O–H groups in total. The lowest BCUT2D eigenvalue weighted by atomic mass is 9.93. The van der Waals surface area contributed by atoms with Crippen molar-refractivity contribution in [1.82, 2.24) is 10.6 Å². The Morgan fingerprint density at radius 3 is 1.93 bits per heavy atom. The van der Waals surface area contributed by atoms with Crippen molar-refractivity contribution in [2.75, 3.05) is 0 Å². The SMILES string of the molecule is O=C1C=C(C2=C(O)[C@@H](Cc3ccccc3)NC2=O)[C@@H](Cc2ccccc2)N1. The highest BCUT2D eigenvalue weighted by Gasteiger charge is 2.38. The van der Waals surface area contributed by atoms with Gasteiger partial charge in [0.1, 0.15) is 5.76 Å². The average Bonchev–Trinajstić information content (AvgIpc) is 3.15. The number of hydrogen-bond donors (Lipinski definition) is 3. The molecule has 2 aliphatic heterocycles. The molecule has 5 nitrogen and oxygen atoms in total. The highest BCUT2D eigenvalue weighted by atomic mass is 16.3. The van der Waals surface area contributed by atoms with Crippen molar-refractivity contribution in [3.63, 3.8) is 0 Å². The summed E-state index contributed by atoms with van der Waals surface area (Å²) in [5.41, 5.74) is 2.84. The maximum absolute atomic E-state index is 12.6. The smallest absolute Gasteiger partial charge is 0.255 e. The molecule has 0 bridgehead atoms. The largest absolute Gasteiger partial charge is 0.509 e. The summed E-state index contributed by atoms with van der Waals surface area (Å²) in [5, 5.41) is 16.4. The van der Waals surface area contributed by atoms with Gasteiger partial charge in [0, 0.05) is 6.08 Å². The number of amides is 2. The predicted octanol–water partition coefficient (Wildman–Crippen LogP) is 2.21. The lowest BCUT2D eigenvalue weighted by Gasteiger charge is -2.16. The topological polar surface area (TPSA) is 78.4 Å². The van der Waals surface area contributed by atoms with Crippen LogP contribution in [-0.4, -0.2) is 29.0 Å². The highest BCUT2D eigenvalue weighted by molar-refractivity contribution is 6.05. The molecule has 0 aliphatic carbocycles. The molecule has 2 heterocycles. The van der Waals surface area contributed by atoms with Crippen molar-refractivity contribution in [3.8, 4) is 0 Å². The monoisotopic (exact) mass is 360 g/mol. The molecule has 136 valence electrons. The molecule has 0 saturated carbocycles. The molecule has 0 aromatic heterocycles. The number of nitrogens with one attached hydrogen (secondary N) is 2. The fourth-order valence-corrected chi connectivity index (χ4v) is 3.66. The van der Waals surface area contributed by atoms with Gasteiger partial charge in [-0.05, 0) is 29.5 Å². The molecule has 2 aromatic carbocycles. The minimum atomic E-state index is -0.483. The number of carbonyl (C=O) groups is 2. The Morgan fingerprint density at radius 1 is 0.778 bits per heavy atom. The van der Waals surface area contributed by atoms with Crippen LogP contribution in [0.15, 0.2) is 83.6 Å². The summed E-state index contributed by atoms with van der Waals surface area (Å²) >= 11 is 0. The number of benzene rings is 2. The van der Waals surface area contributed by atoms with Crippen LogP contribution in [0.4, 0.5) is 0 Å². The lowest BCUT2D eigenvalue weighted by Crippen LogP contribution is -2.33. The van der Waals surface area contributed by atoms with Crippen molar-refractivity contribution in [1.29, 1.82) is 0 Å². The van der Waals surface area contributed by atoms with Crippen LogP contribution in [0.25, 0.3) is 0 Å². The quantitative estimate of drug-likeness (QED) is 0.765. The first-order valence-electron chi connectivity index (χ1n) is 8.96. The van der Waals surface area contributed by atoms with E-state index >= 15 is 0 Å². The fourth-order valence-electron chi connectivity index (χ4n) is 3.66. The summed E-state index contributed by atoms with van der Waals surface area (Å²) in [6, 6.07) is 18.6. The fraction of sp³-hybridized carbons (Fsp3) is 0.182. The van der Waals surface area contributed by atoms with Gasteiger partial charge in [-0.15, -0.1) is 0 Å². The average molecular weight is 360 g/mol. The second-order valence-electron chi connectivity index (χ2n) is 6.83. The minimum Gasteiger partial charge on any atom is -0.509 e. The normalized spacial score (nSPS) is 21.9. The minimum absolute atomic E-state index is 0.00432. The van der Waals surface area contributed by atoms with E-state index in [1.165, 1.54) is 6.08 Å². The second-order valence-corrected chi connectivity index (χ2v) is 6.83. The van der Waals surface area contributed by atoms with E-state index in [0.717, 1.165) is 11.1 Å². The summed E-state index contributed by atoms with van der Waals surface area (Å²) in [7, 11) is 0. The van der Waals surface area contributed by atoms with Gasteiger partial charge in [-0.1, -0.05) is 60.7 Å². The van der Waals surface area contributed by atoms with Gasteiger partial charge >= 0.3 is 0 Å². The Kier molecular flexibility index (Phi) is 4.50. The Balaban J connectivity index is 1.60. The molecule has 2 aliphatic rings. The predicted molar refractivity (Wildman–Crippen MR) is 102 cm³/mol. The number of aliphatic hydroxyl groups excluding tert-OH is 1. The zero-order chi connectivity index (χ0) is 18.8. The van der Waals surface area contributed by atoms with Gasteiger partial charge in [-0.25, -0.2) is 0 Å². The van der Waals surface area contributed by atoms with Gasteiger partial charge in [-0.3, -0.25) is 9.59 Å². The number of hydrogen-bond acceptors (Lipinski definition) is 3. The van der Waals surface area contributed by atoms with Crippen LogP contribution in [-0.2, 0) is 22.4 Å². The Hall–Kier alpha value is -3.34. The molecule has 5 heteroatoms. The van der Waals surface area contributed by atoms with E-state index in [2.05, 4.69) is 10.6 Å². The van der Waals surface area contributed by atoms with Gasteiger partial charge in [-0.2, -0.15) is 0 Å². The zero-order valence-corrected chi connectivity index (χ0v) is 14.7. The molecule has 0 spiro atoms. The van der Waals surface area contributed by atoms with Crippen LogP contribution in [0.2, 0.25) is 0 Å². The molecule has 0 saturated heterocycles. The number of aliphatic hydroxyl groups is 1. The molecule has 2 amide bonds. The molecule has 0 unspecified atom stereocenters. The van der Waals surface area contributed by atoms with Gasteiger partial charge in [0.05, 0.1) is 17.7 Å². The summed E-state index contributed by atoms with van der Waals surface area (Å²) in [5.74, 6) is -0.579. The molecule has 0 radical (unpaired) electrons. The molecule has 0 fully saturated rings. The molecule has 2 aromatic rings. The van der Waals surface area contributed by atoms with Crippen molar-refractivity contribution >= 4 is 11.8 Å². The van der Waals surface area contributed by atoms with Gasteiger partial charge < -0.3 is 15.7 Å². The van der Waals surface area contributed by atoms with Crippen LogP contribution in [0.3, 0.4) is 0 Å². The zero-order valence-electron chi connectivity index (χ0n) is 14.7. The van der Waals surface area contributed by atoms with Crippen LogP contribution >= 0.6 is 0 Å². The standard InChI is InChI=1S/C22H20N2O3/c25-19-13-16(17(23-19)11-14-7-3-1-4-8-14)20-21(26)18(24-22(20)27)12-15-9-5-2-6-10-15/h1-10,13,17-18,26H,11-12H2,(H,23,25)(H,24,27)/t17-,18-/m1/s1. The summed E-state index contributed by atoms with van der Waals surface area (Å²) in [4.78, 5) is 24.5. The maximum Gasteiger partial charge on any atom is 0.255 e. The Morgan fingerprint density at radius 2 is 1.33 bits per heavy atom. The first-order chi connectivity index (χ1) is 13.1. The van der Waals surface area contributed by atoms with Crippen LogP contribution in [0.5, 0.6) is 0 Å². The Bertz CT molecular complexity index is 933. The van der Waals surface area contributed by atoms with E-state index < -0.39 is 6.04 Å². The van der Waals surface area contributed by atoms with Crippen LogP contribution in [0.1, 0.15) is 11.1 Å². The van der Waals surface area contributed by atoms with Crippen LogP contribution in [0, 0.1) is 0 Å². The van der Waals surface area contributed by atoms with Crippen molar-refractivity contribution < 1.29 is 14.7 Å². The molecule has 4 rings (SSSR count). The summed E-state index contributed by atoms with van der Waals surface area (Å²) in [6.45, 7) is 0. The summed E-state index contributed by atoms with van der Waals surface area (Å²) in [6.07, 6.45) is 2.48. The maximum atomic E-state index is 12.6. The third-order valence-electron chi connectivity index (χ3n) is 4.95. The lowest BCUT2D eigenvalue weighted by molar-refractivity contribution is -0.117. The molecular weight excluding hydrogens is 340 g/mol. The summed E-state index contributed by atoms with van der Waals surface area (Å²) < 4.78 is 0. The van der Waals surface area contributed by atoms with Crippen molar-refractivity contribution in [2.45, 2.75) is 24.9 Å². The first kappa shape index (κ1) is 17.1. The van der Waals surface area contributed by atoms with Crippen LogP contribution < -0.4 is 10.6 Å². The van der Waals surface area contributed by atoms with E-state index in [-0.39, 0.29) is 29.2 Å². The molecular formula is C22H20N2O3. The number of rotatable bonds is 5.